The van der Waals surface area contributed by atoms with Crippen LogP contribution in [-0.2, 0) is 6.61 Å². The third-order valence-electron chi connectivity index (χ3n) is 2.83. The highest BCUT2D eigenvalue weighted by atomic mass is 16.3. The van der Waals surface area contributed by atoms with E-state index in [0.717, 1.165) is 11.4 Å². The Morgan fingerprint density at radius 3 is 2.38 bits per heavy atom. The average Bonchev–Trinajstić information content (AvgIpc) is 2.77. The van der Waals surface area contributed by atoms with E-state index in [2.05, 4.69) is 38.1 Å². The van der Waals surface area contributed by atoms with E-state index in [1.54, 1.807) is 0 Å². The Morgan fingerprint density at radius 2 is 1.81 bits per heavy atom. The SMILES string of the molecule is CC(C)c1ccc(-n2cccc2CO)cc1. The van der Waals surface area contributed by atoms with Crippen LogP contribution in [0.5, 0.6) is 0 Å². The van der Waals surface area contributed by atoms with Gasteiger partial charge in [-0.1, -0.05) is 26.0 Å². The highest BCUT2D eigenvalue weighted by Crippen LogP contribution is 2.18. The van der Waals surface area contributed by atoms with Gasteiger partial charge in [0.25, 0.3) is 0 Å². The van der Waals surface area contributed by atoms with E-state index in [1.807, 2.05) is 22.9 Å². The zero-order valence-electron chi connectivity index (χ0n) is 9.72. The van der Waals surface area contributed by atoms with Crippen LogP contribution in [-0.4, -0.2) is 9.67 Å². The molecule has 0 atom stereocenters. The van der Waals surface area contributed by atoms with Gasteiger partial charge >= 0.3 is 0 Å². The molecule has 0 saturated carbocycles. The van der Waals surface area contributed by atoms with Gasteiger partial charge in [0.2, 0.25) is 0 Å². The van der Waals surface area contributed by atoms with Gasteiger partial charge in [-0.25, -0.2) is 0 Å². The molecule has 16 heavy (non-hydrogen) atoms. The first-order valence-corrected chi connectivity index (χ1v) is 5.60. The fourth-order valence-corrected chi connectivity index (χ4v) is 1.82. The molecule has 0 saturated heterocycles. The number of aliphatic hydroxyl groups excluding tert-OH is 1. The van der Waals surface area contributed by atoms with E-state index in [4.69, 9.17) is 0 Å². The normalized spacial score (nSPS) is 11.0. The molecule has 2 heteroatoms. The quantitative estimate of drug-likeness (QED) is 0.836. The molecule has 2 rings (SSSR count). The Kier molecular flexibility index (Phi) is 3.11. The highest BCUT2D eigenvalue weighted by Gasteiger charge is 2.03. The highest BCUT2D eigenvalue weighted by molar-refractivity contribution is 5.38. The first kappa shape index (κ1) is 11.0. The Balaban J connectivity index is 2.35. The van der Waals surface area contributed by atoms with E-state index < -0.39 is 0 Å². The van der Waals surface area contributed by atoms with Crippen LogP contribution in [0.3, 0.4) is 0 Å². The molecule has 0 bridgehead atoms. The third-order valence-corrected chi connectivity index (χ3v) is 2.83. The zero-order chi connectivity index (χ0) is 11.5. The molecule has 84 valence electrons. The van der Waals surface area contributed by atoms with Crippen molar-refractivity contribution in [3.63, 3.8) is 0 Å². The van der Waals surface area contributed by atoms with Crippen molar-refractivity contribution in [1.29, 1.82) is 0 Å². The number of hydrogen-bond donors (Lipinski definition) is 1. The van der Waals surface area contributed by atoms with Gasteiger partial charge in [-0.3, -0.25) is 0 Å². The minimum absolute atomic E-state index is 0.0684. The van der Waals surface area contributed by atoms with Gasteiger partial charge in [-0.2, -0.15) is 0 Å². The number of benzene rings is 1. The third kappa shape index (κ3) is 2.02. The van der Waals surface area contributed by atoms with E-state index in [1.165, 1.54) is 5.56 Å². The van der Waals surface area contributed by atoms with E-state index >= 15 is 0 Å². The predicted molar refractivity (Wildman–Crippen MR) is 65.8 cm³/mol. The number of nitrogens with zero attached hydrogens (tertiary/aromatic N) is 1. The molecular formula is C14H17NO. The molecule has 0 amide bonds. The summed E-state index contributed by atoms with van der Waals surface area (Å²) in [7, 11) is 0. The second-order valence-electron chi connectivity index (χ2n) is 4.27. The maximum absolute atomic E-state index is 9.19. The number of aromatic nitrogens is 1. The van der Waals surface area contributed by atoms with Crippen LogP contribution in [0.15, 0.2) is 42.6 Å². The van der Waals surface area contributed by atoms with Crippen LogP contribution in [0.4, 0.5) is 0 Å². The van der Waals surface area contributed by atoms with Crippen LogP contribution in [0.1, 0.15) is 31.0 Å². The van der Waals surface area contributed by atoms with E-state index in [9.17, 15) is 5.11 Å². The minimum atomic E-state index is 0.0684. The molecule has 0 aliphatic heterocycles. The molecular weight excluding hydrogens is 198 g/mol. The van der Waals surface area contributed by atoms with Crippen LogP contribution >= 0.6 is 0 Å². The number of hydrogen-bond acceptors (Lipinski definition) is 1. The largest absolute Gasteiger partial charge is 0.390 e. The second-order valence-corrected chi connectivity index (χ2v) is 4.27. The van der Waals surface area contributed by atoms with Crippen molar-refractivity contribution < 1.29 is 5.11 Å². The van der Waals surface area contributed by atoms with Gasteiger partial charge in [-0.15, -0.1) is 0 Å². The lowest BCUT2D eigenvalue weighted by atomic mass is 10.0. The number of rotatable bonds is 3. The molecule has 1 heterocycles. The monoisotopic (exact) mass is 215 g/mol. The molecule has 0 fully saturated rings. The van der Waals surface area contributed by atoms with Gasteiger partial charge in [0.15, 0.2) is 0 Å². The molecule has 1 N–H and O–H groups in total. The molecule has 0 aliphatic rings. The summed E-state index contributed by atoms with van der Waals surface area (Å²) in [6, 6.07) is 12.3. The molecule has 0 aliphatic carbocycles. The summed E-state index contributed by atoms with van der Waals surface area (Å²) in [6.07, 6.45) is 1.97. The van der Waals surface area contributed by atoms with Crippen molar-refractivity contribution in [2.75, 3.05) is 0 Å². The fraction of sp³-hybridized carbons (Fsp3) is 0.286. The van der Waals surface area contributed by atoms with Crippen LogP contribution in [0.2, 0.25) is 0 Å². The van der Waals surface area contributed by atoms with Gasteiger partial charge in [-0.05, 0) is 35.7 Å². The lowest BCUT2D eigenvalue weighted by molar-refractivity contribution is 0.274. The lowest BCUT2D eigenvalue weighted by Crippen LogP contribution is -1.98. The molecule has 1 aromatic heterocycles. The summed E-state index contributed by atoms with van der Waals surface area (Å²) in [5.74, 6) is 0.552. The predicted octanol–water partition coefficient (Wildman–Crippen LogP) is 3.09. The molecule has 0 spiro atoms. The van der Waals surface area contributed by atoms with Crippen molar-refractivity contribution >= 4 is 0 Å². The molecule has 0 unspecified atom stereocenters. The molecule has 2 aromatic rings. The Morgan fingerprint density at radius 1 is 1.12 bits per heavy atom. The summed E-state index contributed by atoms with van der Waals surface area (Å²) in [4.78, 5) is 0. The van der Waals surface area contributed by atoms with Crippen molar-refractivity contribution in [3.05, 3.63) is 53.9 Å². The van der Waals surface area contributed by atoms with Crippen LogP contribution in [0.25, 0.3) is 5.69 Å². The maximum atomic E-state index is 9.19. The Hall–Kier alpha value is -1.54. The summed E-state index contributed by atoms with van der Waals surface area (Å²) >= 11 is 0. The standard InChI is InChI=1S/C14H17NO/c1-11(2)12-5-7-13(8-6-12)15-9-3-4-14(15)10-16/h3-9,11,16H,10H2,1-2H3. The molecule has 0 radical (unpaired) electrons. The second kappa shape index (κ2) is 4.54. The fourth-order valence-electron chi connectivity index (χ4n) is 1.82. The minimum Gasteiger partial charge on any atom is -0.390 e. The van der Waals surface area contributed by atoms with Gasteiger partial charge in [0, 0.05) is 17.6 Å². The molecule has 1 aromatic carbocycles. The van der Waals surface area contributed by atoms with Crippen LogP contribution in [0, 0.1) is 0 Å². The lowest BCUT2D eigenvalue weighted by Gasteiger charge is -2.10. The first-order chi connectivity index (χ1) is 7.72. The Bertz CT molecular complexity index is 454. The van der Waals surface area contributed by atoms with Crippen molar-refractivity contribution in [1.82, 2.24) is 4.57 Å². The van der Waals surface area contributed by atoms with Crippen molar-refractivity contribution in [3.8, 4) is 5.69 Å². The summed E-state index contributed by atoms with van der Waals surface area (Å²) in [5.41, 5.74) is 3.34. The summed E-state index contributed by atoms with van der Waals surface area (Å²) in [6.45, 7) is 4.44. The maximum Gasteiger partial charge on any atom is 0.0836 e. The zero-order valence-corrected chi connectivity index (χ0v) is 9.72. The van der Waals surface area contributed by atoms with Gasteiger partial charge in [0.05, 0.1) is 6.61 Å². The van der Waals surface area contributed by atoms with Crippen molar-refractivity contribution in [2.45, 2.75) is 26.4 Å². The summed E-state index contributed by atoms with van der Waals surface area (Å²) in [5, 5.41) is 9.19. The molecule has 2 nitrogen and oxygen atoms in total. The van der Waals surface area contributed by atoms with E-state index in [-0.39, 0.29) is 6.61 Å². The van der Waals surface area contributed by atoms with Crippen LogP contribution < -0.4 is 0 Å². The number of aliphatic hydroxyl groups is 1. The average molecular weight is 215 g/mol. The smallest absolute Gasteiger partial charge is 0.0836 e. The van der Waals surface area contributed by atoms with Gasteiger partial charge in [0.1, 0.15) is 0 Å². The first-order valence-electron chi connectivity index (χ1n) is 5.60. The summed E-state index contributed by atoms with van der Waals surface area (Å²) < 4.78 is 2.00. The van der Waals surface area contributed by atoms with E-state index in [0.29, 0.717) is 5.92 Å². The van der Waals surface area contributed by atoms with Gasteiger partial charge < -0.3 is 9.67 Å². The van der Waals surface area contributed by atoms with Crippen molar-refractivity contribution in [2.24, 2.45) is 0 Å². The topological polar surface area (TPSA) is 25.2 Å². The Labute approximate surface area is 96.2 Å².